The number of pyridine rings is 1. The summed E-state index contributed by atoms with van der Waals surface area (Å²) >= 11 is 11.9. The summed E-state index contributed by atoms with van der Waals surface area (Å²) < 4.78 is 5.69. The third-order valence-electron chi connectivity index (χ3n) is 3.30. The number of nitrogens with zero attached hydrogens (tertiary/aromatic N) is 2. The molecule has 0 bridgehead atoms. The van der Waals surface area contributed by atoms with Gasteiger partial charge < -0.3 is 9.64 Å². The molecule has 0 amide bonds. The molecule has 2 atom stereocenters. The lowest BCUT2D eigenvalue weighted by Crippen LogP contribution is -2.49. The van der Waals surface area contributed by atoms with E-state index >= 15 is 0 Å². The molecule has 100 valence electrons. The standard InChI is InChI=1S/C13H18Cl2N2O/c1-3-11-8-18-9(2)7-17(11)13-4-10(5-14)12(15)6-16-13/h4,6,9,11H,3,5,7-8H2,1-2H3. The van der Waals surface area contributed by atoms with Gasteiger partial charge in [-0.05, 0) is 25.0 Å². The van der Waals surface area contributed by atoms with E-state index < -0.39 is 0 Å². The fraction of sp³-hybridized carbons (Fsp3) is 0.615. The lowest BCUT2D eigenvalue weighted by molar-refractivity contribution is 0.0296. The van der Waals surface area contributed by atoms with Gasteiger partial charge in [-0.3, -0.25) is 0 Å². The zero-order valence-electron chi connectivity index (χ0n) is 10.7. The highest BCUT2D eigenvalue weighted by Gasteiger charge is 2.26. The summed E-state index contributed by atoms with van der Waals surface area (Å²) in [5, 5.41) is 0.628. The highest BCUT2D eigenvalue weighted by atomic mass is 35.5. The Morgan fingerprint density at radius 2 is 2.33 bits per heavy atom. The quantitative estimate of drug-likeness (QED) is 0.797. The third kappa shape index (κ3) is 2.90. The van der Waals surface area contributed by atoms with E-state index in [-0.39, 0.29) is 6.10 Å². The summed E-state index contributed by atoms with van der Waals surface area (Å²) in [5.74, 6) is 1.35. The average Bonchev–Trinajstić information content (AvgIpc) is 2.39. The number of alkyl halides is 1. The predicted molar refractivity (Wildman–Crippen MR) is 75.6 cm³/mol. The van der Waals surface area contributed by atoms with Crippen molar-refractivity contribution in [2.75, 3.05) is 18.1 Å². The van der Waals surface area contributed by atoms with Crippen molar-refractivity contribution in [3.05, 3.63) is 22.8 Å². The molecule has 1 saturated heterocycles. The molecule has 0 aromatic carbocycles. The Labute approximate surface area is 118 Å². The molecule has 0 aliphatic carbocycles. The van der Waals surface area contributed by atoms with Gasteiger partial charge in [0.1, 0.15) is 5.82 Å². The molecule has 0 saturated carbocycles. The highest BCUT2D eigenvalue weighted by Crippen LogP contribution is 2.26. The molecule has 0 spiro atoms. The molecule has 2 unspecified atom stereocenters. The van der Waals surface area contributed by atoms with Crippen molar-refractivity contribution in [3.63, 3.8) is 0 Å². The molecular formula is C13H18Cl2N2O. The number of anilines is 1. The maximum atomic E-state index is 6.04. The van der Waals surface area contributed by atoms with E-state index in [0.29, 0.717) is 16.9 Å². The topological polar surface area (TPSA) is 25.4 Å². The highest BCUT2D eigenvalue weighted by molar-refractivity contribution is 6.32. The Balaban J connectivity index is 2.27. The van der Waals surface area contributed by atoms with E-state index in [0.717, 1.165) is 31.0 Å². The fourth-order valence-electron chi connectivity index (χ4n) is 2.19. The van der Waals surface area contributed by atoms with Gasteiger partial charge in [0.15, 0.2) is 0 Å². The Bertz CT molecular complexity index is 414. The Kier molecular flexibility index (Phi) is 4.71. The molecule has 5 heteroatoms. The minimum absolute atomic E-state index is 0.227. The second-order valence-electron chi connectivity index (χ2n) is 4.63. The first-order chi connectivity index (χ1) is 8.65. The van der Waals surface area contributed by atoms with Crippen LogP contribution in [0.25, 0.3) is 0 Å². The number of hydrogen-bond donors (Lipinski definition) is 0. The molecule has 1 aliphatic rings. The van der Waals surface area contributed by atoms with Crippen LogP contribution < -0.4 is 4.90 Å². The first-order valence-corrected chi connectivity index (χ1v) is 7.15. The van der Waals surface area contributed by atoms with Crippen molar-refractivity contribution in [1.29, 1.82) is 0 Å². The average molecular weight is 289 g/mol. The maximum absolute atomic E-state index is 6.04. The molecule has 1 aromatic heterocycles. The van der Waals surface area contributed by atoms with Crippen LogP contribution in [0.15, 0.2) is 12.3 Å². The van der Waals surface area contributed by atoms with E-state index in [2.05, 4.69) is 23.7 Å². The molecule has 2 rings (SSSR count). The molecule has 1 aromatic rings. The number of hydrogen-bond acceptors (Lipinski definition) is 3. The first-order valence-electron chi connectivity index (χ1n) is 6.24. The molecule has 3 nitrogen and oxygen atoms in total. The van der Waals surface area contributed by atoms with Gasteiger partial charge in [0.25, 0.3) is 0 Å². The number of ether oxygens (including phenoxy) is 1. The minimum atomic E-state index is 0.227. The van der Waals surface area contributed by atoms with Crippen LogP contribution in [0.4, 0.5) is 5.82 Å². The first kappa shape index (κ1) is 13.9. The number of rotatable bonds is 3. The van der Waals surface area contributed by atoms with Crippen LogP contribution in [0, 0.1) is 0 Å². The number of morpholine rings is 1. The molecule has 1 aliphatic heterocycles. The van der Waals surface area contributed by atoms with E-state index in [9.17, 15) is 0 Å². The van der Waals surface area contributed by atoms with Crippen LogP contribution >= 0.6 is 23.2 Å². The van der Waals surface area contributed by atoms with Crippen LogP contribution in [0.5, 0.6) is 0 Å². The summed E-state index contributed by atoms with van der Waals surface area (Å²) in [6.45, 7) is 5.85. The van der Waals surface area contributed by atoms with Crippen LogP contribution in [-0.4, -0.2) is 30.3 Å². The van der Waals surface area contributed by atoms with Gasteiger partial charge in [-0.25, -0.2) is 4.98 Å². The molecule has 18 heavy (non-hydrogen) atoms. The molecule has 0 N–H and O–H groups in total. The van der Waals surface area contributed by atoms with Crippen molar-refractivity contribution < 1.29 is 4.74 Å². The lowest BCUT2D eigenvalue weighted by atomic mass is 10.1. The zero-order valence-corrected chi connectivity index (χ0v) is 12.2. The minimum Gasteiger partial charge on any atom is -0.375 e. The second-order valence-corrected chi connectivity index (χ2v) is 5.30. The van der Waals surface area contributed by atoms with Gasteiger partial charge in [0.2, 0.25) is 0 Å². The van der Waals surface area contributed by atoms with E-state index in [1.165, 1.54) is 0 Å². The maximum Gasteiger partial charge on any atom is 0.129 e. The lowest BCUT2D eigenvalue weighted by Gasteiger charge is -2.39. The zero-order chi connectivity index (χ0) is 13.1. The van der Waals surface area contributed by atoms with Crippen LogP contribution in [0.3, 0.4) is 0 Å². The Morgan fingerprint density at radius 3 is 3.00 bits per heavy atom. The van der Waals surface area contributed by atoms with Crippen molar-refractivity contribution >= 4 is 29.0 Å². The summed E-state index contributed by atoms with van der Waals surface area (Å²) in [5.41, 5.74) is 0.928. The van der Waals surface area contributed by atoms with Gasteiger partial charge in [-0.15, -0.1) is 11.6 Å². The molecule has 2 heterocycles. The molecular weight excluding hydrogens is 271 g/mol. The molecule has 0 radical (unpaired) electrons. The number of aromatic nitrogens is 1. The predicted octanol–water partition coefficient (Wildman–Crippen LogP) is 3.48. The van der Waals surface area contributed by atoms with Crippen LogP contribution in [0.2, 0.25) is 5.02 Å². The summed E-state index contributed by atoms with van der Waals surface area (Å²) in [4.78, 5) is 6.72. The normalized spacial score (nSPS) is 24.3. The van der Waals surface area contributed by atoms with E-state index in [4.69, 9.17) is 27.9 Å². The van der Waals surface area contributed by atoms with Gasteiger partial charge in [0.05, 0.1) is 23.8 Å². The monoisotopic (exact) mass is 288 g/mol. The number of halogens is 2. The summed E-state index contributed by atoms with van der Waals surface area (Å²) in [6, 6.07) is 2.36. The third-order valence-corrected chi connectivity index (χ3v) is 3.93. The fourth-order valence-corrected chi connectivity index (χ4v) is 2.65. The van der Waals surface area contributed by atoms with Crippen LogP contribution in [0.1, 0.15) is 25.8 Å². The Morgan fingerprint density at radius 1 is 1.56 bits per heavy atom. The smallest absolute Gasteiger partial charge is 0.129 e. The van der Waals surface area contributed by atoms with Gasteiger partial charge in [0, 0.05) is 18.6 Å². The van der Waals surface area contributed by atoms with Crippen molar-refractivity contribution in [1.82, 2.24) is 4.98 Å². The summed E-state index contributed by atoms with van der Waals surface area (Å²) in [7, 11) is 0. The van der Waals surface area contributed by atoms with Crippen molar-refractivity contribution in [2.24, 2.45) is 0 Å². The van der Waals surface area contributed by atoms with E-state index in [1.54, 1.807) is 6.20 Å². The SMILES string of the molecule is CCC1COC(C)CN1c1cc(CCl)c(Cl)cn1. The van der Waals surface area contributed by atoms with Gasteiger partial charge in [-0.1, -0.05) is 18.5 Å². The summed E-state index contributed by atoms with van der Waals surface area (Å²) in [6.07, 6.45) is 2.94. The second kappa shape index (κ2) is 6.09. The molecule has 1 fully saturated rings. The Hall–Kier alpha value is -0.510. The largest absolute Gasteiger partial charge is 0.375 e. The van der Waals surface area contributed by atoms with Crippen molar-refractivity contribution in [2.45, 2.75) is 38.3 Å². The van der Waals surface area contributed by atoms with Crippen LogP contribution in [-0.2, 0) is 10.6 Å². The van der Waals surface area contributed by atoms with Gasteiger partial charge in [-0.2, -0.15) is 0 Å². The van der Waals surface area contributed by atoms with Crippen molar-refractivity contribution in [3.8, 4) is 0 Å². The van der Waals surface area contributed by atoms with Gasteiger partial charge >= 0.3 is 0 Å². The van der Waals surface area contributed by atoms with E-state index in [1.807, 2.05) is 6.07 Å².